The minimum Gasteiger partial charge on any atom is -0.508 e. The monoisotopic (exact) mass is 228 g/mol. The van der Waals surface area contributed by atoms with Gasteiger partial charge >= 0.3 is 0 Å². The van der Waals surface area contributed by atoms with Crippen LogP contribution in [0, 0.1) is 13.8 Å². The number of aryl methyl sites for hydroxylation is 2. The van der Waals surface area contributed by atoms with Crippen LogP contribution in [0.1, 0.15) is 16.8 Å². The highest BCUT2D eigenvalue weighted by atomic mass is 16.3. The fourth-order valence-corrected chi connectivity index (χ4v) is 1.65. The second kappa shape index (κ2) is 4.87. The van der Waals surface area contributed by atoms with E-state index in [0.29, 0.717) is 5.75 Å². The Kier molecular flexibility index (Phi) is 3.28. The van der Waals surface area contributed by atoms with Crippen LogP contribution >= 0.6 is 0 Å². The smallest absolute Gasteiger partial charge is 0.115 e. The van der Waals surface area contributed by atoms with Gasteiger partial charge in [-0.3, -0.25) is 4.98 Å². The molecule has 3 heteroatoms. The number of hydrogen-bond donors (Lipinski definition) is 2. The molecule has 1 aromatic carbocycles. The molecular formula is C14H16N2O. The Labute approximate surface area is 101 Å². The second-order valence-corrected chi connectivity index (χ2v) is 4.16. The molecule has 0 fully saturated rings. The molecule has 2 aromatic rings. The van der Waals surface area contributed by atoms with Gasteiger partial charge in [0.25, 0.3) is 0 Å². The zero-order valence-corrected chi connectivity index (χ0v) is 10.1. The van der Waals surface area contributed by atoms with Crippen LogP contribution in [0.15, 0.2) is 36.5 Å². The topological polar surface area (TPSA) is 45.1 Å². The highest BCUT2D eigenvalue weighted by Crippen LogP contribution is 2.20. The summed E-state index contributed by atoms with van der Waals surface area (Å²) in [5, 5.41) is 12.6. The summed E-state index contributed by atoms with van der Waals surface area (Å²) in [6, 6.07) is 9.37. The molecule has 0 atom stereocenters. The first kappa shape index (κ1) is 11.5. The standard InChI is InChI=1S/C14H16N2O/c1-10-7-13(17)5-6-14(10)16-9-12-4-3-11(2)15-8-12/h3-8,16-17H,9H2,1-2H3. The van der Waals surface area contributed by atoms with Crippen molar-refractivity contribution in [1.29, 1.82) is 0 Å². The van der Waals surface area contributed by atoms with E-state index in [4.69, 9.17) is 0 Å². The predicted molar refractivity (Wildman–Crippen MR) is 69.1 cm³/mol. The van der Waals surface area contributed by atoms with Crippen molar-refractivity contribution in [3.8, 4) is 5.75 Å². The van der Waals surface area contributed by atoms with E-state index < -0.39 is 0 Å². The summed E-state index contributed by atoms with van der Waals surface area (Å²) in [6.07, 6.45) is 1.87. The van der Waals surface area contributed by atoms with Gasteiger partial charge in [0.2, 0.25) is 0 Å². The first-order valence-electron chi connectivity index (χ1n) is 5.60. The number of nitrogens with one attached hydrogen (secondary N) is 1. The zero-order valence-electron chi connectivity index (χ0n) is 10.1. The number of anilines is 1. The number of aromatic nitrogens is 1. The third kappa shape index (κ3) is 2.97. The summed E-state index contributed by atoms with van der Waals surface area (Å²) in [5.74, 6) is 0.296. The molecule has 0 bridgehead atoms. The largest absolute Gasteiger partial charge is 0.508 e. The summed E-state index contributed by atoms with van der Waals surface area (Å²) in [7, 11) is 0. The summed E-state index contributed by atoms with van der Waals surface area (Å²) in [6.45, 7) is 4.68. The Balaban J connectivity index is 2.04. The van der Waals surface area contributed by atoms with Crippen molar-refractivity contribution in [2.45, 2.75) is 20.4 Å². The van der Waals surface area contributed by atoms with Crippen LogP contribution < -0.4 is 5.32 Å². The Hall–Kier alpha value is -2.03. The molecule has 1 heterocycles. The minimum absolute atomic E-state index is 0.296. The SMILES string of the molecule is Cc1ccc(CNc2ccc(O)cc2C)cn1. The van der Waals surface area contributed by atoms with Crippen LogP contribution in [0.3, 0.4) is 0 Å². The number of hydrogen-bond acceptors (Lipinski definition) is 3. The maximum Gasteiger partial charge on any atom is 0.115 e. The molecule has 3 nitrogen and oxygen atoms in total. The highest BCUT2D eigenvalue weighted by Gasteiger charge is 1.99. The van der Waals surface area contributed by atoms with E-state index in [0.717, 1.165) is 29.1 Å². The van der Waals surface area contributed by atoms with E-state index in [1.54, 1.807) is 12.1 Å². The van der Waals surface area contributed by atoms with Gasteiger partial charge in [0, 0.05) is 24.1 Å². The molecule has 0 saturated heterocycles. The third-order valence-corrected chi connectivity index (χ3v) is 2.67. The van der Waals surface area contributed by atoms with Crippen molar-refractivity contribution in [3.63, 3.8) is 0 Å². The van der Waals surface area contributed by atoms with Crippen LogP contribution in [0.4, 0.5) is 5.69 Å². The summed E-state index contributed by atoms with van der Waals surface area (Å²) >= 11 is 0. The van der Waals surface area contributed by atoms with Crippen LogP contribution in [0.25, 0.3) is 0 Å². The predicted octanol–water partition coefficient (Wildman–Crippen LogP) is 3.02. The minimum atomic E-state index is 0.296. The van der Waals surface area contributed by atoms with Crippen molar-refractivity contribution in [1.82, 2.24) is 4.98 Å². The number of rotatable bonds is 3. The van der Waals surface area contributed by atoms with Gasteiger partial charge < -0.3 is 10.4 Å². The van der Waals surface area contributed by atoms with Gasteiger partial charge in [0.05, 0.1) is 0 Å². The molecule has 0 saturated carbocycles. The van der Waals surface area contributed by atoms with E-state index in [-0.39, 0.29) is 0 Å². The fourth-order valence-electron chi connectivity index (χ4n) is 1.65. The van der Waals surface area contributed by atoms with E-state index in [9.17, 15) is 5.11 Å². The number of aromatic hydroxyl groups is 1. The molecule has 0 amide bonds. The molecule has 0 aliphatic heterocycles. The van der Waals surface area contributed by atoms with Gasteiger partial charge in [0.15, 0.2) is 0 Å². The van der Waals surface area contributed by atoms with E-state index in [1.807, 2.05) is 32.2 Å². The number of nitrogens with zero attached hydrogens (tertiary/aromatic N) is 1. The van der Waals surface area contributed by atoms with Crippen molar-refractivity contribution in [2.24, 2.45) is 0 Å². The molecular weight excluding hydrogens is 212 g/mol. The molecule has 0 aliphatic rings. The first-order valence-corrected chi connectivity index (χ1v) is 5.60. The lowest BCUT2D eigenvalue weighted by atomic mass is 10.2. The maximum absolute atomic E-state index is 9.32. The summed E-state index contributed by atoms with van der Waals surface area (Å²) in [5.41, 5.74) is 4.23. The lowest BCUT2D eigenvalue weighted by molar-refractivity contribution is 0.475. The molecule has 1 aromatic heterocycles. The van der Waals surface area contributed by atoms with Crippen molar-refractivity contribution in [2.75, 3.05) is 5.32 Å². The molecule has 0 radical (unpaired) electrons. The Morgan fingerprint density at radius 3 is 2.65 bits per heavy atom. The molecule has 88 valence electrons. The Morgan fingerprint density at radius 2 is 2.00 bits per heavy atom. The average molecular weight is 228 g/mol. The average Bonchev–Trinajstić information content (AvgIpc) is 2.30. The number of benzene rings is 1. The summed E-state index contributed by atoms with van der Waals surface area (Å²) < 4.78 is 0. The second-order valence-electron chi connectivity index (χ2n) is 4.16. The first-order chi connectivity index (χ1) is 8.15. The van der Waals surface area contributed by atoms with Gasteiger partial charge in [-0.2, -0.15) is 0 Å². The summed E-state index contributed by atoms with van der Waals surface area (Å²) in [4.78, 5) is 4.25. The van der Waals surface area contributed by atoms with Gasteiger partial charge in [-0.25, -0.2) is 0 Å². The van der Waals surface area contributed by atoms with Crippen molar-refractivity contribution >= 4 is 5.69 Å². The zero-order chi connectivity index (χ0) is 12.3. The van der Waals surface area contributed by atoms with Crippen molar-refractivity contribution < 1.29 is 5.11 Å². The van der Waals surface area contributed by atoms with E-state index in [1.165, 1.54) is 0 Å². The van der Waals surface area contributed by atoms with Crippen molar-refractivity contribution in [3.05, 3.63) is 53.3 Å². The molecule has 0 unspecified atom stereocenters. The molecule has 17 heavy (non-hydrogen) atoms. The molecule has 0 spiro atoms. The fraction of sp³-hybridized carbons (Fsp3) is 0.214. The molecule has 0 aliphatic carbocycles. The molecule has 2 rings (SSSR count). The highest BCUT2D eigenvalue weighted by molar-refractivity contribution is 5.53. The van der Waals surface area contributed by atoms with Gasteiger partial charge in [0.1, 0.15) is 5.75 Å². The van der Waals surface area contributed by atoms with Gasteiger partial charge in [-0.1, -0.05) is 6.07 Å². The third-order valence-electron chi connectivity index (χ3n) is 2.67. The van der Waals surface area contributed by atoms with Gasteiger partial charge in [-0.05, 0) is 49.2 Å². The Bertz CT molecular complexity index is 506. The number of pyridine rings is 1. The van der Waals surface area contributed by atoms with Crippen LogP contribution in [0.2, 0.25) is 0 Å². The van der Waals surface area contributed by atoms with E-state index in [2.05, 4.69) is 16.4 Å². The van der Waals surface area contributed by atoms with Crippen LogP contribution in [-0.2, 0) is 6.54 Å². The lowest BCUT2D eigenvalue weighted by Gasteiger charge is -2.09. The maximum atomic E-state index is 9.32. The Morgan fingerprint density at radius 1 is 1.18 bits per heavy atom. The van der Waals surface area contributed by atoms with Gasteiger partial charge in [-0.15, -0.1) is 0 Å². The number of phenolic OH excluding ortho intramolecular Hbond substituents is 1. The lowest BCUT2D eigenvalue weighted by Crippen LogP contribution is -2.01. The normalized spacial score (nSPS) is 10.2. The van der Waals surface area contributed by atoms with Crippen LogP contribution in [0.5, 0.6) is 5.75 Å². The number of phenols is 1. The van der Waals surface area contributed by atoms with E-state index >= 15 is 0 Å². The van der Waals surface area contributed by atoms with Crippen LogP contribution in [-0.4, -0.2) is 10.1 Å². The quantitative estimate of drug-likeness (QED) is 0.794. The molecule has 2 N–H and O–H groups in total.